The number of nitrogens with zero attached hydrogens (tertiary/aromatic N) is 3. The molecule has 11 heteroatoms. The molecule has 4 aromatic rings. The van der Waals surface area contributed by atoms with Gasteiger partial charge >= 0.3 is 0 Å². The van der Waals surface area contributed by atoms with E-state index in [0.29, 0.717) is 26.6 Å². The smallest absolute Gasteiger partial charge is 0.234 e. The summed E-state index contributed by atoms with van der Waals surface area (Å²) in [5.41, 5.74) is 2.17. The predicted molar refractivity (Wildman–Crippen MR) is 139 cm³/mol. The zero-order valence-corrected chi connectivity index (χ0v) is 21.6. The first-order valence-electron chi connectivity index (χ1n) is 10.4. The Labute approximate surface area is 217 Å². The van der Waals surface area contributed by atoms with Crippen molar-refractivity contribution in [3.05, 3.63) is 94.2 Å². The molecule has 3 aromatic carbocycles. The number of rotatable bonds is 8. The number of hydrogen-bond acceptors (Lipinski definition) is 6. The number of halogens is 2. The zero-order chi connectivity index (χ0) is 25.0. The normalized spacial score (nSPS) is 11.4. The SMILES string of the molecule is Cc1ccc(S(=O)(=O)Cc2nnc(SCC(=O)Nc3ccc(Cl)c(Cl)c3)n2-c2ccccc2)cc1. The van der Waals surface area contributed by atoms with Crippen molar-refractivity contribution in [1.82, 2.24) is 14.8 Å². The monoisotopic (exact) mass is 546 g/mol. The van der Waals surface area contributed by atoms with Gasteiger partial charge in [-0.3, -0.25) is 9.36 Å². The molecular formula is C24H20Cl2N4O3S2. The molecule has 1 aromatic heterocycles. The second kappa shape index (κ2) is 10.8. The van der Waals surface area contributed by atoms with Crippen molar-refractivity contribution in [3.63, 3.8) is 0 Å². The Morgan fingerprint density at radius 2 is 1.69 bits per heavy atom. The lowest BCUT2D eigenvalue weighted by Gasteiger charge is -2.11. The molecule has 0 unspecified atom stereocenters. The number of aryl methyl sites for hydroxylation is 1. The van der Waals surface area contributed by atoms with Gasteiger partial charge in [0.25, 0.3) is 0 Å². The maximum absolute atomic E-state index is 13.1. The standard InChI is InChI=1S/C24H20Cl2N4O3S2/c1-16-7-10-19(11-8-16)35(32,33)15-22-28-29-24(30(22)18-5-3-2-4-6-18)34-14-23(31)27-17-9-12-20(25)21(26)13-17/h2-13H,14-15H2,1H3,(H,27,31). The van der Waals surface area contributed by atoms with E-state index in [4.69, 9.17) is 23.2 Å². The second-order valence-corrected chi connectivity index (χ2v) is 11.4. The van der Waals surface area contributed by atoms with Crippen LogP contribution in [0.15, 0.2) is 82.8 Å². The highest BCUT2D eigenvalue weighted by atomic mass is 35.5. The Morgan fingerprint density at radius 3 is 2.37 bits per heavy atom. The van der Waals surface area contributed by atoms with E-state index in [2.05, 4.69) is 15.5 Å². The summed E-state index contributed by atoms with van der Waals surface area (Å²) in [4.78, 5) is 12.7. The largest absolute Gasteiger partial charge is 0.325 e. The average molecular weight is 547 g/mol. The lowest BCUT2D eigenvalue weighted by molar-refractivity contribution is -0.113. The van der Waals surface area contributed by atoms with Crippen LogP contribution in [0.3, 0.4) is 0 Å². The minimum Gasteiger partial charge on any atom is -0.325 e. The van der Waals surface area contributed by atoms with Gasteiger partial charge in [0.05, 0.1) is 20.7 Å². The van der Waals surface area contributed by atoms with E-state index in [-0.39, 0.29) is 28.1 Å². The third-order valence-corrected chi connectivity index (χ3v) is 8.25. The molecule has 0 spiro atoms. The van der Waals surface area contributed by atoms with E-state index >= 15 is 0 Å². The Hall–Kier alpha value is -2.85. The van der Waals surface area contributed by atoms with Crippen LogP contribution < -0.4 is 5.32 Å². The third-order valence-electron chi connectivity index (χ3n) is 4.95. The molecule has 1 N–H and O–H groups in total. The maximum Gasteiger partial charge on any atom is 0.234 e. The fourth-order valence-corrected chi connectivity index (χ4v) is 5.54. The molecule has 0 aliphatic heterocycles. The number of aromatic nitrogens is 3. The van der Waals surface area contributed by atoms with Gasteiger partial charge in [0.2, 0.25) is 5.91 Å². The predicted octanol–water partition coefficient (Wildman–Crippen LogP) is 5.59. The van der Waals surface area contributed by atoms with Crippen molar-refractivity contribution in [3.8, 4) is 5.69 Å². The molecule has 0 fully saturated rings. The number of nitrogens with one attached hydrogen (secondary N) is 1. The summed E-state index contributed by atoms with van der Waals surface area (Å²) in [7, 11) is -3.66. The lowest BCUT2D eigenvalue weighted by Crippen LogP contribution is -2.15. The topological polar surface area (TPSA) is 94.0 Å². The van der Waals surface area contributed by atoms with Gasteiger partial charge in [0, 0.05) is 11.4 Å². The molecule has 0 saturated carbocycles. The number of benzene rings is 3. The Balaban J connectivity index is 1.56. The van der Waals surface area contributed by atoms with Crippen LogP contribution >= 0.6 is 35.0 Å². The van der Waals surface area contributed by atoms with Crippen LogP contribution in [0.25, 0.3) is 5.69 Å². The molecule has 0 aliphatic rings. The highest BCUT2D eigenvalue weighted by Crippen LogP contribution is 2.27. The Bertz CT molecular complexity index is 1460. The van der Waals surface area contributed by atoms with Crippen LogP contribution in [0, 0.1) is 6.92 Å². The van der Waals surface area contributed by atoms with Crippen molar-refractivity contribution < 1.29 is 13.2 Å². The van der Waals surface area contributed by atoms with Gasteiger partial charge in [0.1, 0.15) is 5.75 Å². The number of carbonyl (C=O) groups excluding carboxylic acids is 1. The molecule has 35 heavy (non-hydrogen) atoms. The molecule has 0 bridgehead atoms. The first kappa shape index (κ1) is 25.2. The van der Waals surface area contributed by atoms with Crippen molar-refractivity contribution in [2.24, 2.45) is 0 Å². The molecule has 180 valence electrons. The van der Waals surface area contributed by atoms with Gasteiger partial charge in [-0.1, -0.05) is 70.9 Å². The minimum absolute atomic E-state index is 0.0237. The number of anilines is 1. The minimum atomic E-state index is -3.66. The first-order chi connectivity index (χ1) is 16.7. The Kier molecular flexibility index (Phi) is 7.81. The highest BCUT2D eigenvalue weighted by Gasteiger charge is 2.23. The fourth-order valence-electron chi connectivity index (χ4n) is 3.22. The van der Waals surface area contributed by atoms with Gasteiger partial charge in [-0.15, -0.1) is 10.2 Å². The molecule has 0 saturated heterocycles. The fraction of sp³-hybridized carbons (Fsp3) is 0.125. The molecule has 0 aliphatic carbocycles. The third kappa shape index (κ3) is 6.24. The summed E-state index contributed by atoms with van der Waals surface area (Å²) in [6, 6.07) is 20.6. The van der Waals surface area contributed by atoms with Gasteiger partial charge < -0.3 is 5.32 Å². The Morgan fingerprint density at radius 1 is 0.971 bits per heavy atom. The lowest BCUT2D eigenvalue weighted by atomic mass is 10.2. The van der Waals surface area contributed by atoms with E-state index in [0.717, 1.165) is 17.3 Å². The summed E-state index contributed by atoms with van der Waals surface area (Å²) in [6.45, 7) is 1.89. The van der Waals surface area contributed by atoms with E-state index < -0.39 is 9.84 Å². The van der Waals surface area contributed by atoms with Crippen molar-refractivity contribution in [2.45, 2.75) is 22.7 Å². The van der Waals surface area contributed by atoms with Crippen LogP contribution in [-0.2, 0) is 20.4 Å². The summed E-state index contributed by atoms with van der Waals surface area (Å²) in [6.07, 6.45) is 0. The van der Waals surface area contributed by atoms with Crippen LogP contribution in [0.2, 0.25) is 10.0 Å². The zero-order valence-electron chi connectivity index (χ0n) is 18.5. The maximum atomic E-state index is 13.1. The molecule has 7 nitrogen and oxygen atoms in total. The van der Waals surface area contributed by atoms with E-state index in [9.17, 15) is 13.2 Å². The molecule has 0 atom stereocenters. The quantitative estimate of drug-likeness (QED) is 0.289. The summed E-state index contributed by atoms with van der Waals surface area (Å²) >= 11 is 13.1. The molecular weight excluding hydrogens is 527 g/mol. The second-order valence-electron chi connectivity index (χ2n) is 7.61. The van der Waals surface area contributed by atoms with E-state index in [1.807, 2.05) is 37.3 Å². The van der Waals surface area contributed by atoms with Gasteiger partial charge in [0.15, 0.2) is 20.8 Å². The number of thioether (sulfide) groups is 1. The molecule has 0 radical (unpaired) electrons. The number of carbonyl (C=O) groups is 1. The molecule has 1 amide bonds. The number of sulfone groups is 1. The van der Waals surface area contributed by atoms with Gasteiger partial charge in [-0.05, 0) is 49.4 Å². The molecule has 4 rings (SSSR count). The van der Waals surface area contributed by atoms with Crippen LogP contribution in [0.1, 0.15) is 11.4 Å². The first-order valence-corrected chi connectivity index (χ1v) is 13.8. The summed E-state index contributed by atoms with van der Waals surface area (Å²) in [5.74, 6) is -0.349. The molecule has 1 heterocycles. The van der Waals surface area contributed by atoms with Gasteiger partial charge in [-0.2, -0.15) is 0 Å². The van der Waals surface area contributed by atoms with E-state index in [1.54, 1.807) is 47.0 Å². The van der Waals surface area contributed by atoms with Gasteiger partial charge in [-0.25, -0.2) is 8.42 Å². The summed E-state index contributed by atoms with van der Waals surface area (Å²) < 4.78 is 27.8. The van der Waals surface area contributed by atoms with Crippen molar-refractivity contribution in [1.29, 1.82) is 0 Å². The summed E-state index contributed by atoms with van der Waals surface area (Å²) in [5, 5.41) is 12.2. The van der Waals surface area contributed by atoms with Crippen LogP contribution in [0.4, 0.5) is 5.69 Å². The van der Waals surface area contributed by atoms with Crippen molar-refractivity contribution in [2.75, 3.05) is 11.1 Å². The number of hydrogen-bond donors (Lipinski definition) is 1. The highest BCUT2D eigenvalue weighted by molar-refractivity contribution is 7.99. The van der Waals surface area contributed by atoms with Crippen LogP contribution in [-0.4, -0.2) is 34.8 Å². The number of para-hydroxylation sites is 1. The van der Waals surface area contributed by atoms with E-state index in [1.165, 1.54) is 0 Å². The van der Waals surface area contributed by atoms with Crippen LogP contribution in [0.5, 0.6) is 0 Å². The van der Waals surface area contributed by atoms with Crippen molar-refractivity contribution >= 4 is 56.4 Å². The number of amides is 1. The average Bonchev–Trinajstić information content (AvgIpc) is 3.22.